The minimum absolute atomic E-state index is 0.435. The van der Waals surface area contributed by atoms with Gasteiger partial charge in [-0.05, 0) is 77.7 Å². The van der Waals surface area contributed by atoms with Gasteiger partial charge in [0.25, 0.3) is 0 Å². The Bertz CT molecular complexity index is 3500. The van der Waals surface area contributed by atoms with Crippen LogP contribution in [0.2, 0.25) is 0 Å². The Morgan fingerprint density at radius 3 is 1.53 bits per heavy atom. The predicted octanol–water partition coefficient (Wildman–Crippen LogP) is 14.3. The Labute approximate surface area is 359 Å². The molecule has 0 bridgehead atoms. The number of para-hydroxylation sites is 3. The van der Waals surface area contributed by atoms with Crippen LogP contribution in [0.4, 0.5) is 0 Å². The van der Waals surface area contributed by atoms with E-state index in [0.29, 0.717) is 23.4 Å². The van der Waals surface area contributed by atoms with Crippen molar-refractivity contribution >= 4 is 43.6 Å². The number of hydrogen-bond acceptors (Lipinski definition) is 3. The van der Waals surface area contributed by atoms with Crippen molar-refractivity contribution in [2.45, 2.75) is 12.3 Å². The fourth-order valence-electron chi connectivity index (χ4n) is 9.30. The summed E-state index contributed by atoms with van der Waals surface area (Å²) in [5.74, 6) is 2.34. The zero-order valence-electron chi connectivity index (χ0n) is 33.8. The molecule has 5 heteroatoms. The molecule has 1 aliphatic rings. The van der Waals surface area contributed by atoms with E-state index in [1.807, 2.05) is 18.2 Å². The number of rotatable bonds is 7. The van der Waals surface area contributed by atoms with E-state index >= 15 is 0 Å². The zero-order valence-corrected chi connectivity index (χ0v) is 33.8. The molecule has 11 aromatic rings. The molecule has 1 atom stereocenters. The first-order valence-corrected chi connectivity index (χ1v) is 21.2. The summed E-state index contributed by atoms with van der Waals surface area (Å²) >= 11 is 0. The average Bonchev–Trinajstić information content (AvgIpc) is 3.88. The Kier molecular flexibility index (Phi) is 8.56. The molecule has 0 fully saturated rings. The Balaban J connectivity index is 0.945. The van der Waals surface area contributed by atoms with E-state index in [1.54, 1.807) is 0 Å². The van der Waals surface area contributed by atoms with Crippen molar-refractivity contribution < 1.29 is 0 Å². The monoisotopic (exact) mass is 793 g/mol. The van der Waals surface area contributed by atoms with Crippen LogP contribution in [-0.4, -0.2) is 24.1 Å². The highest BCUT2D eigenvalue weighted by Crippen LogP contribution is 2.42. The third-order valence-electron chi connectivity index (χ3n) is 12.3. The van der Waals surface area contributed by atoms with Crippen LogP contribution >= 0.6 is 0 Å². The van der Waals surface area contributed by atoms with Crippen LogP contribution in [0.1, 0.15) is 17.9 Å². The number of hydrogen-bond donors (Lipinski definition) is 0. The molecule has 1 aliphatic carbocycles. The smallest absolute Gasteiger partial charge is 0.164 e. The number of fused-ring (bicyclic) bond motifs is 7. The van der Waals surface area contributed by atoms with Crippen LogP contribution in [0.25, 0.3) is 100 Å². The normalized spacial score (nSPS) is 13.8. The highest BCUT2D eigenvalue weighted by molar-refractivity contribution is 6.26. The van der Waals surface area contributed by atoms with Gasteiger partial charge < -0.3 is 9.13 Å². The van der Waals surface area contributed by atoms with Crippen LogP contribution in [0.15, 0.2) is 218 Å². The minimum Gasteiger partial charge on any atom is -0.309 e. The maximum absolute atomic E-state index is 5.11. The number of nitrogens with zero attached hydrogens (tertiary/aromatic N) is 5. The standard InChI is InChI=1S/C57H39N5/c1-4-14-38(15-5-1)39-24-26-40(27-25-39)41-28-30-43(31-29-41)56-58-55(42-16-6-2-7-17-42)59-57(60-56)44-32-34-46(35-33-44)61-51-23-13-11-21-49(51)53-52(61)37-36-48-47-20-10-12-22-50(47)62(54(48)53)45-18-8-3-9-19-45/h1-14,16-38H,15H2. The molecule has 0 aliphatic heterocycles. The second kappa shape index (κ2) is 14.8. The molecule has 3 heterocycles. The van der Waals surface area contributed by atoms with Crippen molar-refractivity contribution in [1.29, 1.82) is 0 Å². The van der Waals surface area contributed by atoms with Gasteiger partial charge in [-0.2, -0.15) is 0 Å². The lowest BCUT2D eigenvalue weighted by molar-refractivity contribution is 0.854. The molecule has 0 spiro atoms. The number of allylic oxidation sites excluding steroid dienone is 4. The molecule has 3 aromatic heterocycles. The lowest BCUT2D eigenvalue weighted by Gasteiger charge is -2.14. The Morgan fingerprint density at radius 2 is 0.887 bits per heavy atom. The van der Waals surface area contributed by atoms with Gasteiger partial charge in [-0.25, -0.2) is 15.0 Å². The van der Waals surface area contributed by atoms with Crippen LogP contribution in [0.3, 0.4) is 0 Å². The van der Waals surface area contributed by atoms with E-state index in [0.717, 1.165) is 51.1 Å². The quantitative estimate of drug-likeness (QED) is 0.161. The van der Waals surface area contributed by atoms with Gasteiger partial charge in [0.15, 0.2) is 17.5 Å². The molecule has 0 radical (unpaired) electrons. The summed E-state index contributed by atoms with van der Waals surface area (Å²) in [4.78, 5) is 15.2. The summed E-state index contributed by atoms with van der Waals surface area (Å²) in [7, 11) is 0. The van der Waals surface area contributed by atoms with Gasteiger partial charge in [0.2, 0.25) is 0 Å². The van der Waals surface area contributed by atoms with Crippen molar-refractivity contribution in [2.75, 3.05) is 0 Å². The summed E-state index contributed by atoms with van der Waals surface area (Å²) < 4.78 is 4.81. The van der Waals surface area contributed by atoms with E-state index in [9.17, 15) is 0 Å². The van der Waals surface area contributed by atoms with Gasteiger partial charge in [-0.3, -0.25) is 0 Å². The first-order valence-electron chi connectivity index (χ1n) is 21.2. The summed E-state index contributed by atoms with van der Waals surface area (Å²) in [6.07, 6.45) is 9.82. The maximum atomic E-state index is 5.11. The van der Waals surface area contributed by atoms with Gasteiger partial charge in [0, 0.05) is 55.5 Å². The van der Waals surface area contributed by atoms with Gasteiger partial charge in [-0.15, -0.1) is 0 Å². The molecular weight excluding hydrogens is 755 g/mol. The van der Waals surface area contributed by atoms with Crippen molar-refractivity contribution in [1.82, 2.24) is 24.1 Å². The van der Waals surface area contributed by atoms with Crippen molar-refractivity contribution in [3.63, 3.8) is 0 Å². The molecule has 0 N–H and O–H groups in total. The molecule has 62 heavy (non-hydrogen) atoms. The summed E-state index contributed by atoms with van der Waals surface area (Å²) in [5, 5.41) is 4.93. The summed E-state index contributed by atoms with van der Waals surface area (Å²) in [5.41, 5.74) is 13.4. The summed E-state index contributed by atoms with van der Waals surface area (Å²) in [6.45, 7) is 0. The third-order valence-corrected chi connectivity index (χ3v) is 12.3. The van der Waals surface area contributed by atoms with Crippen LogP contribution < -0.4 is 0 Å². The predicted molar refractivity (Wildman–Crippen MR) is 256 cm³/mol. The largest absolute Gasteiger partial charge is 0.309 e. The number of benzene rings is 8. The minimum atomic E-state index is 0.435. The van der Waals surface area contributed by atoms with E-state index in [1.165, 1.54) is 43.7 Å². The van der Waals surface area contributed by atoms with Crippen molar-refractivity contribution in [3.8, 4) is 56.7 Å². The van der Waals surface area contributed by atoms with E-state index in [4.69, 9.17) is 15.0 Å². The highest BCUT2D eigenvalue weighted by Gasteiger charge is 2.21. The fraction of sp³-hybridized carbons (Fsp3) is 0.0351. The molecule has 0 saturated carbocycles. The molecule has 12 rings (SSSR count). The first-order chi connectivity index (χ1) is 30.7. The molecule has 1 unspecified atom stereocenters. The molecule has 0 saturated heterocycles. The topological polar surface area (TPSA) is 48.5 Å². The fourth-order valence-corrected chi connectivity index (χ4v) is 9.30. The lowest BCUT2D eigenvalue weighted by atomic mass is 9.91. The van der Waals surface area contributed by atoms with Crippen molar-refractivity contribution in [2.24, 2.45) is 0 Å². The van der Waals surface area contributed by atoms with Crippen molar-refractivity contribution in [3.05, 3.63) is 224 Å². The second-order valence-electron chi connectivity index (χ2n) is 16.0. The highest BCUT2D eigenvalue weighted by atomic mass is 15.0. The zero-order chi connectivity index (χ0) is 41.0. The van der Waals surface area contributed by atoms with Gasteiger partial charge in [0.1, 0.15) is 0 Å². The molecule has 5 nitrogen and oxygen atoms in total. The number of aromatic nitrogens is 5. The van der Waals surface area contributed by atoms with Gasteiger partial charge in [0.05, 0.1) is 22.1 Å². The summed E-state index contributed by atoms with van der Waals surface area (Å²) in [6, 6.07) is 69.0. The molecule has 292 valence electrons. The molecule has 8 aromatic carbocycles. The van der Waals surface area contributed by atoms with E-state index in [2.05, 4.69) is 209 Å². The van der Waals surface area contributed by atoms with Gasteiger partial charge >= 0.3 is 0 Å². The first kappa shape index (κ1) is 35.8. The van der Waals surface area contributed by atoms with Crippen LogP contribution in [-0.2, 0) is 0 Å². The third kappa shape index (κ3) is 6.05. The molecule has 0 amide bonds. The Hall–Kier alpha value is -8.15. The van der Waals surface area contributed by atoms with Gasteiger partial charge in [-0.1, -0.05) is 164 Å². The average molecular weight is 794 g/mol. The molecular formula is C57H39N5. The van der Waals surface area contributed by atoms with E-state index < -0.39 is 0 Å². The lowest BCUT2D eigenvalue weighted by Crippen LogP contribution is -2.00. The van der Waals surface area contributed by atoms with E-state index in [-0.39, 0.29) is 0 Å². The van der Waals surface area contributed by atoms with Crippen LogP contribution in [0.5, 0.6) is 0 Å². The maximum Gasteiger partial charge on any atom is 0.164 e. The second-order valence-corrected chi connectivity index (χ2v) is 16.0. The van der Waals surface area contributed by atoms with Crippen LogP contribution in [0, 0.1) is 0 Å². The SMILES string of the molecule is C1=CCC(c2ccc(-c3ccc(-c4nc(-c5ccccc5)nc(-c5ccc(-n6c7ccccc7c7c6ccc6c8ccccc8n(-c8ccccc8)c67)cc5)n4)cc3)cc2)C=C1. The Morgan fingerprint density at radius 1 is 0.371 bits per heavy atom.